The van der Waals surface area contributed by atoms with E-state index in [9.17, 15) is 4.79 Å². The largest absolute Gasteiger partial charge is 0.496 e. The lowest BCUT2D eigenvalue weighted by Crippen LogP contribution is -2.37. The van der Waals surface area contributed by atoms with Gasteiger partial charge in [0.15, 0.2) is 0 Å². The molecule has 0 radical (unpaired) electrons. The number of para-hydroxylation sites is 1. The van der Waals surface area contributed by atoms with Gasteiger partial charge in [-0.05, 0) is 75.9 Å². The van der Waals surface area contributed by atoms with E-state index >= 15 is 0 Å². The second-order valence-electron chi connectivity index (χ2n) is 9.21. The van der Waals surface area contributed by atoms with Crippen molar-refractivity contribution in [2.75, 3.05) is 33.3 Å². The van der Waals surface area contributed by atoms with Crippen LogP contribution in [0.2, 0.25) is 0 Å². The maximum atomic E-state index is 12.6. The second kappa shape index (κ2) is 9.82. The van der Waals surface area contributed by atoms with Gasteiger partial charge in [0.1, 0.15) is 5.75 Å². The minimum atomic E-state index is 0.254. The van der Waals surface area contributed by atoms with Crippen molar-refractivity contribution in [2.45, 2.75) is 51.4 Å². The molecule has 2 fully saturated rings. The van der Waals surface area contributed by atoms with Gasteiger partial charge in [0.25, 0.3) is 0 Å². The first kappa shape index (κ1) is 21.2. The highest BCUT2D eigenvalue weighted by Crippen LogP contribution is 2.59. The van der Waals surface area contributed by atoms with Crippen molar-refractivity contribution >= 4 is 12.0 Å². The van der Waals surface area contributed by atoms with Crippen molar-refractivity contribution < 1.29 is 9.53 Å². The van der Waals surface area contributed by atoms with Gasteiger partial charge in [0, 0.05) is 24.6 Å². The predicted molar refractivity (Wildman–Crippen MR) is 122 cm³/mol. The summed E-state index contributed by atoms with van der Waals surface area (Å²) in [6, 6.07) is 8.11. The fourth-order valence-corrected chi connectivity index (χ4v) is 5.19. The van der Waals surface area contributed by atoms with Gasteiger partial charge in [-0.25, -0.2) is 0 Å². The molecule has 0 bridgehead atoms. The van der Waals surface area contributed by atoms with Crippen LogP contribution in [0.25, 0.3) is 6.08 Å². The fraction of sp³-hybridized carbons (Fsp3) is 0.577. The van der Waals surface area contributed by atoms with Crippen LogP contribution in [0.3, 0.4) is 0 Å². The molecule has 3 aliphatic rings. The van der Waals surface area contributed by atoms with Crippen LogP contribution >= 0.6 is 0 Å². The Kier molecular flexibility index (Phi) is 6.93. The number of hydrogen-bond donors (Lipinski definition) is 1. The highest BCUT2D eigenvalue weighted by atomic mass is 16.5. The van der Waals surface area contributed by atoms with E-state index in [-0.39, 0.29) is 11.3 Å². The molecule has 1 heterocycles. The molecule has 1 saturated carbocycles. The molecule has 1 unspecified atom stereocenters. The van der Waals surface area contributed by atoms with Gasteiger partial charge >= 0.3 is 0 Å². The number of hydrogen-bond acceptors (Lipinski definition) is 3. The zero-order chi connectivity index (χ0) is 20.8. The van der Waals surface area contributed by atoms with E-state index in [2.05, 4.69) is 34.5 Å². The zero-order valence-corrected chi connectivity index (χ0v) is 18.4. The highest BCUT2D eigenvalue weighted by Gasteiger charge is 2.58. The monoisotopic (exact) mass is 408 g/mol. The van der Waals surface area contributed by atoms with E-state index in [0.29, 0.717) is 5.91 Å². The molecule has 1 aliphatic heterocycles. The van der Waals surface area contributed by atoms with Gasteiger partial charge in [-0.2, -0.15) is 0 Å². The molecular formula is C26H36N2O2. The summed E-state index contributed by atoms with van der Waals surface area (Å²) in [5, 5.41) is 3.22. The van der Waals surface area contributed by atoms with E-state index in [1.807, 2.05) is 18.2 Å². The Labute approximate surface area is 181 Å². The summed E-state index contributed by atoms with van der Waals surface area (Å²) in [6.07, 6.45) is 16.3. The Morgan fingerprint density at radius 2 is 2.10 bits per heavy atom. The van der Waals surface area contributed by atoms with Crippen LogP contribution in [0, 0.1) is 11.3 Å². The Morgan fingerprint density at radius 1 is 1.27 bits per heavy atom. The van der Waals surface area contributed by atoms with Gasteiger partial charge in [0.05, 0.1) is 7.11 Å². The SMILES string of the molecule is COc1ccccc1/C=C/CN1CCC2(CC1)CC2C(=O)NCCC1=CCCCC1. The quantitative estimate of drug-likeness (QED) is 0.627. The second-order valence-corrected chi connectivity index (χ2v) is 9.21. The molecule has 30 heavy (non-hydrogen) atoms. The first-order valence-electron chi connectivity index (χ1n) is 11.7. The van der Waals surface area contributed by atoms with E-state index in [0.717, 1.165) is 63.2 Å². The van der Waals surface area contributed by atoms with Gasteiger partial charge in [-0.15, -0.1) is 0 Å². The van der Waals surface area contributed by atoms with E-state index in [1.165, 1.54) is 25.7 Å². The summed E-state index contributed by atoms with van der Waals surface area (Å²) in [6.45, 7) is 3.96. The van der Waals surface area contributed by atoms with Crippen molar-refractivity contribution in [3.05, 3.63) is 47.6 Å². The molecule has 4 heteroatoms. The molecule has 1 aromatic carbocycles. The molecule has 0 aromatic heterocycles. The van der Waals surface area contributed by atoms with E-state index in [4.69, 9.17) is 4.74 Å². The van der Waals surface area contributed by atoms with Crippen LogP contribution in [0.4, 0.5) is 0 Å². The number of allylic oxidation sites excluding steroid dienone is 1. The number of nitrogens with zero attached hydrogens (tertiary/aromatic N) is 1. The summed E-state index contributed by atoms with van der Waals surface area (Å²) < 4.78 is 5.41. The van der Waals surface area contributed by atoms with E-state index < -0.39 is 0 Å². The minimum absolute atomic E-state index is 0.254. The Morgan fingerprint density at radius 3 is 2.87 bits per heavy atom. The average molecular weight is 409 g/mol. The third-order valence-electron chi connectivity index (χ3n) is 7.29. The summed E-state index contributed by atoms with van der Waals surface area (Å²) in [7, 11) is 1.71. The number of ether oxygens (including phenoxy) is 1. The molecule has 4 rings (SSSR count). The van der Waals surface area contributed by atoms with E-state index in [1.54, 1.807) is 12.7 Å². The lowest BCUT2D eigenvalue weighted by molar-refractivity contribution is -0.123. The van der Waals surface area contributed by atoms with Crippen LogP contribution in [-0.4, -0.2) is 44.1 Å². The molecule has 162 valence electrons. The topological polar surface area (TPSA) is 41.6 Å². The lowest BCUT2D eigenvalue weighted by atomic mass is 9.90. The number of benzene rings is 1. The van der Waals surface area contributed by atoms with Crippen LogP contribution in [0.15, 0.2) is 42.0 Å². The van der Waals surface area contributed by atoms with Gasteiger partial charge in [-0.1, -0.05) is 42.0 Å². The molecule has 1 saturated heterocycles. The maximum absolute atomic E-state index is 12.6. The fourth-order valence-electron chi connectivity index (χ4n) is 5.19. The third-order valence-corrected chi connectivity index (χ3v) is 7.29. The van der Waals surface area contributed by atoms with Crippen molar-refractivity contribution in [1.29, 1.82) is 0 Å². The Bertz CT molecular complexity index is 790. The molecule has 1 aromatic rings. The van der Waals surface area contributed by atoms with Crippen molar-refractivity contribution in [3.8, 4) is 5.75 Å². The minimum Gasteiger partial charge on any atom is -0.496 e. The first-order valence-corrected chi connectivity index (χ1v) is 11.7. The van der Waals surface area contributed by atoms with Crippen LogP contribution in [-0.2, 0) is 4.79 Å². The number of carbonyl (C=O) groups is 1. The van der Waals surface area contributed by atoms with Gasteiger partial charge in [0.2, 0.25) is 5.91 Å². The Balaban J connectivity index is 1.17. The smallest absolute Gasteiger partial charge is 0.223 e. The molecule has 1 atom stereocenters. The number of nitrogens with one attached hydrogen (secondary N) is 1. The standard InChI is InChI=1S/C26H36N2O2/c1-30-24-12-6-5-10-22(24)11-7-17-28-18-14-26(15-19-28)20-23(26)25(29)27-16-13-21-8-3-2-4-9-21/h5-8,10-12,23H,2-4,9,13-20H2,1H3,(H,27,29)/b11-7+. The van der Waals surface area contributed by atoms with Gasteiger partial charge < -0.3 is 10.1 Å². The molecule has 4 nitrogen and oxygen atoms in total. The van der Waals surface area contributed by atoms with Gasteiger partial charge in [-0.3, -0.25) is 9.69 Å². The van der Waals surface area contributed by atoms with Crippen molar-refractivity contribution in [1.82, 2.24) is 10.2 Å². The highest BCUT2D eigenvalue weighted by molar-refractivity contribution is 5.82. The molecule has 1 spiro atoms. The number of carbonyl (C=O) groups excluding carboxylic acids is 1. The van der Waals surface area contributed by atoms with Crippen molar-refractivity contribution in [2.24, 2.45) is 11.3 Å². The summed E-state index contributed by atoms with van der Waals surface area (Å²) in [5.74, 6) is 1.47. The first-order chi connectivity index (χ1) is 14.7. The van der Waals surface area contributed by atoms with Crippen LogP contribution in [0.1, 0.15) is 56.9 Å². The van der Waals surface area contributed by atoms with Crippen molar-refractivity contribution in [3.63, 3.8) is 0 Å². The lowest BCUT2D eigenvalue weighted by Gasteiger charge is -2.32. The number of methoxy groups -OCH3 is 1. The zero-order valence-electron chi connectivity index (χ0n) is 18.4. The van der Waals surface area contributed by atoms with Crippen LogP contribution in [0.5, 0.6) is 5.75 Å². The molecule has 1 N–H and O–H groups in total. The average Bonchev–Trinajstić information content (AvgIpc) is 3.49. The Hall–Kier alpha value is -2.07. The van der Waals surface area contributed by atoms with Crippen LogP contribution < -0.4 is 10.1 Å². The number of likely N-dealkylation sites (tertiary alicyclic amines) is 1. The summed E-state index contributed by atoms with van der Waals surface area (Å²) in [5.41, 5.74) is 2.95. The molecular weight excluding hydrogens is 372 g/mol. The summed E-state index contributed by atoms with van der Waals surface area (Å²) >= 11 is 0. The predicted octanol–water partition coefficient (Wildman–Crippen LogP) is 4.82. The number of amides is 1. The number of rotatable bonds is 8. The normalized spacial score (nSPS) is 23.4. The summed E-state index contributed by atoms with van der Waals surface area (Å²) in [4.78, 5) is 15.1. The number of piperidine rings is 1. The molecule has 1 amide bonds. The molecule has 2 aliphatic carbocycles. The maximum Gasteiger partial charge on any atom is 0.223 e. The third kappa shape index (κ3) is 5.15.